The molecule has 0 bridgehead atoms. The Hall–Kier alpha value is -2.45. The number of rotatable bonds is 4. The molecule has 9 heteroatoms. The Kier molecular flexibility index (Phi) is 4.20. The highest BCUT2D eigenvalue weighted by molar-refractivity contribution is 5.79. The lowest BCUT2D eigenvalue weighted by Gasteiger charge is -2.14. The number of methoxy groups -OCH3 is 1. The molecule has 9 nitrogen and oxygen atoms in total. The summed E-state index contributed by atoms with van der Waals surface area (Å²) in [5.74, 6) is -1.16. The van der Waals surface area contributed by atoms with Crippen LogP contribution in [0.15, 0.2) is 12.3 Å². The molecule has 1 amide bonds. The summed E-state index contributed by atoms with van der Waals surface area (Å²) in [6, 6.07) is 1.23. The van der Waals surface area contributed by atoms with E-state index in [0.717, 1.165) is 0 Å². The van der Waals surface area contributed by atoms with E-state index in [9.17, 15) is 19.7 Å². The summed E-state index contributed by atoms with van der Waals surface area (Å²) in [6.07, 6.45) is 1.38. The summed E-state index contributed by atoms with van der Waals surface area (Å²) in [6.45, 7) is 2.56. The van der Waals surface area contributed by atoms with Crippen LogP contribution >= 0.6 is 0 Å². The van der Waals surface area contributed by atoms with Crippen molar-refractivity contribution in [2.45, 2.75) is 13.5 Å². The molecule has 1 fully saturated rings. The van der Waals surface area contributed by atoms with Crippen LogP contribution in [0.3, 0.4) is 0 Å². The summed E-state index contributed by atoms with van der Waals surface area (Å²) < 4.78 is 5.93. The minimum atomic E-state index is -0.619. The van der Waals surface area contributed by atoms with E-state index in [-0.39, 0.29) is 36.1 Å². The molecular weight excluding hydrogens is 280 g/mol. The summed E-state index contributed by atoms with van der Waals surface area (Å²) in [5.41, 5.74) is 0. The molecule has 0 saturated carbocycles. The van der Waals surface area contributed by atoms with Gasteiger partial charge in [0.1, 0.15) is 6.54 Å². The molecule has 2 unspecified atom stereocenters. The fourth-order valence-corrected chi connectivity index (χ4v) is 2.40. The van der Waals surface area contributed by atoms with Crippen LogP contribution < -0.4 is 0 Å². The Morgan fingerprint density at radius 2 is 2.24 bits per heavy atom. The topological polar surface area (TPSA) is 108 Å². The summed E-state index contributed by atoms with van der Waals surface area (Å²) >= 11 is 0. The molecule has 1 aromatic rings. The maximum atomic E-state index is 12.1. The van der Waals surface area contributed by atoms with Crippen LogP contribution in [0, 0.1) is 22.0 Å². The molecule has 114 valence electrons. The van der Waals surface area contributed by atoms with Crippen LogP contribution in [0.4, 0.5) is 5.82 Å². The third-order valence-electron chi connectivity index (χ3n) is 3.58. The van der Waals surface area contributed by atoms with E-state index in [2.05, 4.69) is 5.10 Å². The van der Waals surface area contributed by atoms with E-state index in [1.54, 1.807) is 4.90 Å². The first-order chi connectivity index (χ1) is 9.92. The fourth-order valence-electron chi connectivity index (χ4n) is 2.40. The monoisotopic (exact) mass is 296 g/mol. The highest BCUT2D eigenvalue weighted by Gasteiger charge is 2.37. The lowest BCUT2D eigenvalue weighted by atomic mass is 9.99. The average Bonchev–Trinajstić information content (AvgIpc) is 3.04. The van der Waals surface area contributed by atoms with Gasteiger partial charge in [0, 0.05) is 13.1 Å². The number of hydrogen-bond donors (Lipinski definition) is 0. The van der Waals surface area contributed by atoms with Crippen molar-refractivity contribution in [2.75, 3.05) is 20.2 Å². The Balaban J connectivity index is 1.98. The van der Waals surface area contributed by atoms with Gasteiger partial charge in [0.05, 0.1) is 30.4 Å². The SMILES string of the molecule is COC(=O)C1CN(C(=O)Cn2ccc([N+](=O)[O-])n2)CC1C. The van der Waals surface area contributed by atoms with Crippen molar-refractivity contribution in [3.63, 3.8) is 0 Å². The van der Waals surface area contributed by atoms with Crippen LogP contribution in [0.1, 0.15) is 6.92 Å². The smallest absolute Gasteiger partial charge is 0.389 e. The molecule has 0 aliphatic carbocycles. The Bertz CT molecular complexity index is 570. The van der Waals surface area contributed by atoms with E-state index in [4.69, 9.17) is 4.74 Å². The zero-order chi connectivity index (χ0) is 15.6. The van der Waals surface area contributed by atoms with E-state index in [1.165, 1.54) is 24.1 Å². The van der Waals surface area contributed by atoms with Crippen molar-refractivity contribution in [1.29, 1.82) is 0 Å². The maximum absolute atomic E-state index is 12.1. The first kappa shape index (κ1) is 14.9. The van der Waals surface area contributed by atoms with Crippen molar-refractivity contribution in [1.82, 2.24) is 14.7 Å². The normalized spacial score (nSPS) is 21.3. The van der Waals surface area contributed by atoms with Gasteiger partial charge in [-0.2, -0.15) is 4.68 Å². The minimum absolute atomic E-state index is 0.0216. The summed E-state index contributed by atoms with van der Waals surface area (Å²) in [7, 11) is 1.32. The molecule has 2 rings (SSSR count). The molecule has 2 atom stereocenters. The zero-order valence-corrected chi connectivity index (χ0v) is 11.8. The zero-order valence-electron chi connectivity index (χ0n) is 11.8. The lowest BCUT2D eigenvalue weighted by Crippen LogP contribution is -2.33. The van der Waals surface area contributed by atoms with Crippen molar-refractivity contribution < 1.29 is 19.2 Å². The summed E-state index contributed by atoms with van der Waals surface area (Å²) in [5, 5.41) is 14.2. The first-order valence-electron chi connectivity index (χ1n) is 6.45. The van der Waals surface area contributed by atoms with Gasteiger partial charge in [-0.15, -0.1) is 0 Å². The molecule has 0 N–H and O–H groups in total. The van der Waals surface area contributed by atoms with Gasteiger partial charge in [-0.25, -0.2) is 0 Å². The Morgan fingerprint density at radius 1 is 1.52 bits per heavy atom. The number of hydrogen-bond acceptors (Lipinski definition) is 6. The van der Waals surface area contributed by atoms with Crippen LogP contribution in [0.2, 0.25) is 0 Å². The molecule has 0 aromatic carbocycles. The Morgan fingerprint density at radius 3 is 2.81 bits per heavy atom. The van der Waals surface area contributed by atoms with Gasteiger partial charge in [0.25, 0.3) is 0 Å². The Labute approximate surface area is 120 Å². The predicted molar refractivity (Wildman–Crippen MR) is 70.1 cm³/mol. The largest absolute Gasteiger partial charge is 0.469 e. The van der Waals surface area contributed by atoms with Gasteiger partial charge in [0.2, 0.25) is 5.91 Å². The van der Waals surface area contributed by atoms with E-state index >= 15 is 0 Å². The molecule has 1 aromatic heterocycles. The second-order valence-electron chi connectivity index (χ2n) is 5.03. The van der Waals surface area contributed by atoms with Crippen LogP contribution in [0.5, 0.6) is 0 Å². The minimum Gasteiger partial charge on any atom is -0.469 e. The van der Waals surface area contributed by atoms with Crippen molar-refractivity contribution in [2.24, 2.45) is 11.8 Å². The molecule has 1 aliphatic rings. The number of ether oxygens (including phenoxy) is 1. The third kappa shape index (κ3) is 3.18. The van der Waals surface area contributed by atoms with Gasteiger partial charge in [-0.3, -0.25) is 9.59 Å². The maximum Gasteiger partial charge on any atom is 0.389 e. The van der Waals surface area contributed by atoms with Gasteiger partial charge >= 0.3 is 11.8 Å². The predicted octanol–water partition coefficient (Wildman–Crippen LogP) is 0.0588. The number of nitrogens with zero attached hydrogens (tertiary/aromatic N) is 4. The lowest BCUT2D eigenvalue weighted by molar-refractivity contribution is -0.389. The van der Waals surface area contributed by atoms with Crippen molar-refractivity contribution in [3.05, 3.63) is 22.4 Å². The van der Waals surface area contributed by atoms with E-state index < -0.39 is 4.92 Å². The van der Waals surface area contributed by atoms with Gasteiger partial charge in [-0.1, -0.05) is 6.92 Å². The van der Waals surface area contributed by atoms with Crippen molar-refractivity contribution >= 4 is 17.7 Å². The standard InChI is InChI=1S/C12H16N4O5/c1-8-5-14(6-9(8)12(18)21-2)11(17)7-15-4-3-10(13-15)16(19)20/h3-4,8-9H,5-7H2,1-2H3. The van der Waals surface area contributed by atoms with Gasteiger partial charge < -0.3 is 19.8 Å². The molecule has 2 heterocycles. The molecule has 0 radical (unpaired) electrons. The second-order valence-corrected chi connectivity index (χ2v) is 5.03. The number of amides is 1. The average molecular weight is 296 g/mol. The number of carbonyl (C=O) groups excluding carboxylic acids is 2. The van der Waals surface area contributed by atoms with Crippen LogP contribution in [-0.4, -0.2) is 51.7 Å². The number of likely N-dealkylation sites (tertiary alicyclic amines) is 1. The van der Waals surface area contributed by atoms with E-state index in [1.807, 2.05) is 6.92 Å². The first-order valence-corrected chi connectivity index (χ1v) is 6.45. The quantitative estimate of drug-likeness (QED) is 0.441. The highest BCUT2D eigenvalue weighted by Crippen LogP contribution is 2.24. The molecular formula is C12H16N4O5. The molecule has 21 heavy (non-hydrogen) atoms. The third-order valence-corrected chi connectivity index (χ3v) is 3.58. The van der Waals surface area contributed by atoms with Crippen LogP contribution in [-0.2, 0) is 20.9 Å². The molecule has 1 aliphatic heterocycles. The van der Waals surface area contributed by atoms with E-state index in [0.29, 0.717) is 13.1 Å². The number of nitro groups is 1. The highest BCUT2D eigenvalue weighted by atomic mass is 16.6. The molecule has 1 saturated heterocycles. The van der Waals surface area contributed by atoms with Crippen LogP contribution in [0.25, 0.3) is 0 Å². The van der Waals surface area contributed by atoms with Gasteiger partial charge in [0.15, 0.2) is 0 Å². The van der Waals surface area contributed by atoms with Gasteiger partial charge in [-0.05, 0) is 10.8 Å². The number of carbonyl (C=O) groups is 2. The van der Waals surface area contributed by atoms with Crippen molar-refractivity contribution in [3.8, 4) is 0 Å². The number of aromatic nitrogens is 2. The summed E-state index contributed by atoms with van der Waals surface area (Å²) in [4.78, 5) is 35.2. The fraction of sp³-hybridized carbons (Fsp3) is 0.583. The number of esters is 1. The molecule has 0 spiro atoms. The second kappa shape index (κ2) is 5.90.